The van der Waals surface area contributed by atoms with E-state index in [1.54, 1.807) is 4.90 Å². The van der Waals surface area contributed by atoms with Gasteiger partial charge in [-0.25, -0.2) is 0 Å². The number of hydrogen-bond donors (Lipinski definition) is 1. The van der Waals surface area contributed by atoms with Crippen molar-refractivity contribution in [2.75, 3.05) is 24.5 Å². The number of nitrogens with one attached hydrogen (secondary N) is 1. The van der Waals surface area contributed by atoms with Crippen LogP contribution in [0.2, 0.25) is 0 Å². The first-order chi connectivity index (χ1) is 11.6. The van der Waals surface area contributed by atoms with E-state index in [2.05, 4.69) is 21.2 Å². The van der Waals surface area contributed by atoms with E-state index in [4.69, 9.17) is 0 Å². The third-order valence-corrected chi connectivity index (χ3v) is 6.03. The van der Waals surface area contributed by atoms with Crippen molar-refractivity contribution in [1.82, 2.24) is 10.2 Å². The molecule has 25 heavy (non-hydrogen) atoms. The zero-order valence-corrected chi connectivity index (χ0v) is 16.4. The normalized spacial score (nSPS) is 28.7. The molecule has 2 bridgehead atoms. The van der Waals surface area contributed by atoms with Crippen LogP contribution in [-0.2, 0) is 9.59 Å². The number of carbonyl (C=O) groups excluding carboxylic acids is 2. The predicted molar refractivity (Wildman–Crippen MR) is 103 cm³/mol. The molecular weight excluding hydrogens is 406 g/mol. The van der Waals surface area contributed by atoms with Crippen LogP contribution in [0.1, 0.15) is 25.7 Å². The Kier molecular flexibility index (Phi) is 5.71. The minimum atomic E-state index is -0.509. The lowest BCUT2D eigenvalue weighted by Crippen LogP contribution is -2.47. The zero-order valence-electron chi connectivity index (χ0n) is 14.0. The molecule has 0 saturated carbocycles. The summed E-state index contributed by atoms with van der Waals surface area (Å²) in [5.74, 6) is -0.506. The van der Waals surface area contributed by atoms with Crippen LogP contribution < -0.4 is 10.2 Å². The number of anilines is 1. The number of rotatable bonds is 2. The van der Waals surface area contributed by atoms with Crippen molar-refractivity contribution in [3.63, 3.8) is 0 Å². The maximum Gasteiger partial charge on any atom is 0.239 e. The van der Waals surface area contributed by atoms with E-state index in [1.807, 2.05) is 29.2 Å². The molecule has 3 unspecified atom stereocenters. The molecular formula is C18H23BrClN3O2. The molecule has 2 amide bonds. The fraction of sp³-hybridized carbons (Fsp3) is 0.556. The average Bonchev–Trinajstić information content (AvgIpc) is 3.05. The fourth-order valence-electron chi connectivity index (χ4n) is 4.33. The van der Waals surface area contributed by atoms with Crippen LogP contribution in [0.25, 0.3) is 0 Å². The summed E-state index contributed by atoms with van der Waals surface area (Å²) in [6, 6.07) is 8.29. The highest BCUT2D eigenvalue weighted by Gasteiger charge is 2.45. The highest BCUT2D eigenvalue weighted by Crippen LogP contribution is 2.33. The van der Waals surface area contributed by atoms with E-state index in [1.165, 1.54) is 0 Å². The van der Waals surface area contributed by atoms with Gasteiger partial charge in [-0.1, -0.05) is 22.0 Å². The van der Waals surface area contributed by atoms with Crippen LogP contribution in [0.5, 0.6) is 0 Å². The van der Waals surface area contributed by atoms with Gasteiger partial charge in [0.15, 0.2) is 0 Å². The molecule has 3 fully saturated rings. The lowest BCUT2D eigenvalue weighted by atomic mass is 10.0. The molecule has 7 heteroatoms. The van der Waals surface area contributed by atoms with E-state index in [0.29, 0.717) is 19.0 Å². The van der Waals surface area contributed by atoms with Crippen molar-refractivity contribution < 1.29 is 9.59 Å². The van der Waals surface area contributed by atoms with Gasteiger partial charge in [0, 0.05) is 35.3 Å². The maximum absolute atomic E-state index is 13.1. The largest absolute Gasteiger partial charge is 0.335 e. The first kappa shape index (κ1) is 18.7. The van der Waals surface area contributed by atoms with Crippen LogP contribution in [-0.4, -0.2) is 48.4 Å². The Bertz CT molecular complexity index is 657. The molecule has 3 aliphatic heterocycles. The topological polar surface area (TPSA) is 52.7 Å². The average molecular weight is 429 g/mol. The molecule has 0 aliphatic carbocycles. The van der Waals surface area contributed by atoms with Gasteiger partial charge in [-0.3, -0.25) is 9.59 Å². The van der Waals surface area contributed by atoms with Crippen molar-refractivity contribution in [2.24, 2.45) is 5.92 Å². The second-order valence-corrected chi connectivity index (χ2v) is 7.85. The first-order valence-electron chi connectivity index (χ1n) is 8.75. The van der Waals surface area contributed by atoms with E-state index < -0.39 is 5.92 Å². The third-order valence-electron chi connectivity index (χ3n) is 5.53. The second kappa shape index (κ2) is 7.64. The quantitative estimate of drug-likeness (QED) is 0.737. The standard InChI is InChI=1S/C18H22BrN3O2.ClH/c19-12-2-1-3-14(10-12)21-9-7-16(17(21)23)18(24)22-13-4-5-15(22)11-20-8-6-13;/h1-3,10,13,15-16,20H,4-9,11H2;1H. The molecule has 3 heterocycles. The molecule has 3 saturated heterocycles. The number of fused-ring (bicyclic) bond motifs is 2. The van der Waals surface area contributed by atoms with Gasteiger partial charge < -0.3 is 15.1 Å². The number of carbonyl (C=O) groups is 2. The Hall–Kier alpha value is -1.11. The Balaban J connectivity index is 0.00000182. The molecule has 0 radical (unpaired) electrons. The SMILES string of the molecule is Cl.O=C1C(C(=O)N2C3CCNCC2CC3)CCN1c1cccc(Br)c1. The second-order valence-electron chi connectivity index (χ2n) is 6.93. The molecule has 4 rings (SSSR count). The summed E-state index contributed by atoms with van der Waals surface area (Å²) in [7, 11) is 0. The van der Waals surface area contributed by atoms with E-state index in [-0.39, 0.29) is 30.3 Å². The minimum absolute atomic E-state index is 0. The van der Waals surface area contributed by atoms with Crippen LogP contribution >= 0.6 is 28.3 Å². The Morgan fingerprint density at radius 1 is 1.16 bits per heavy atom. The molecule has 1 aromatic carbocycles. The van der Waals surface area contributed by atoms with Crippen molar-refractivity contribution in [3.8, 4) is 0 Å². The lowest BCUT2D eigenvalue weighted by molar-refractivity contribution is -0.142. The summed E-state index contributed by atoms with van der Waals surface area (Å²) >= 11 is 3.45. The molecule has 0 spiro atoms. The zero-order chi connectivity index (χ0) is 16.7. The van der Waals surface area contributed by atoms with E-state index in [0.717, 1.165) is 42.5 Å². The van der Waals surface area contributed by atoms with Crippen LogP contribution in [0.15, 0.2) is 28.7 Å². The predicted octanol–water partition coefficient (Wildman–Crippen LogP) is 2.58. The van der Waals surface area contributed by atoms with Crippen molar-refractivity contribution in [1.29, 1.82) is 0 Å². The Labute approximate surface area is 162 Å². The Morgan fingerprint density at radius 3 is 2.76 bits per heavy atom. The number of nitrogens with zero attached hydrogens (tertiary/aromatic N) is 2. The minimum Gasteiger partial charge on any atom is -0.335 e. The van der Waals surface area contributed by atoms with Gasteiger partial charge >= 0.3 is 0 Å². The molecule has 3 atom stereocenters. The van der Waals surface area contributed by atoms with Gasteiger partial charge in [-0.05, 0) is 50.4 Å². The summed E-state index contributed by atoms with van der Waals surface area (Å²) in [4.78, 5) is 29.8. The number of benzene rings is 1. The van der Waals surface area contributed by atoms with Crippen LogP contribution in [0, 0.1) is 5.92 Å². The van der Waals surface area contributed by atoms with Gasteiger partial charge in [-0.15, -0.1) is 12.4 Å². The van der Waals surface area contributed by atoms with Gasteiger partial charge in [0.25, 0.3) is 0 Å². The van der Waals surface area contributed by atoms with Gasteiger partial charge in [0.2, 0.25) is 11.8 Å². The highest BCUT2D eigenvalue weighted by molar-refractivity contribution is 9.10. The smallest absolute Gasteiger partial charge is 0.239 e. The molecule has 1 N–H and O–H groups in total. The van der Waals surface area contributed by atoms with Crippen molar-refractivity contribution in [2.45, 2.75) is 37.8 Å². The molecule has 1 aromatic rings. The van der Waals surface area contributed by atoms with Crippen molar-refractivity contribution >= 4 is 45.8 Å². The molecule has 0 aromatic heterocycles. The molecule has 136 valence electrons. The third kappa shape index (κ3) is 3.44. The monoisotopic (exact) mass is 427 g/mol. The maximum atomic E-state index is 13.1. The number of amides is 2. The summed E-state index contributed by atoms with van der Waals surface area (Å²) < 4.78 is 0.944. The van der Waals surface area contributed by atoms with Crippen molar-refractivity contribution in [3.05, 3.63) is 28.7 Å². The van der Waals surface area contributed by atoms with Crippen LogP contribution in [0.4, 0.5) is 5.69 Å². The lowest BCUT2D eigenvalue weighted by Gasteiger charge is -2.30. The van der Waals surface area contributed by atoms with Crippen LogP contribution in [0.3, 0.4) is 0 Å². The number of halogens is 2. The fourth-order valence-corrected chi connectivity index (χ4v) is 4.72. The van der Waals surface area contributed by atoms with Gasteiger partial charge in [0.05, 0.1) is 0 Å². The number of hydrogen-bond acceptors (Lipinski definition) is 3. The molecule has 3 aliphatic rings. The van der Waals surface area contributed by atoms with E-state index >= 15 is 0 Å². The van der Waals surface area contributed by atoms with Gasteiger partial charge in [-0.2, -0.15) is 0 Å². The van der Waals surface area contributed by atoms with E-state index in [9.17, 15) is 9.59 Å². The summed E-state index contributed by atoms with van der Waals surface area (Å²) in [5, 5.41) is 3.41. The Morgan fingerprint density at radius 2 is 1.96 bits per heavy atom. The van der Waals surface area contributed by atoms with Gasteiger partial charge in [0.1, 0.15) is 5.92 Å². The summed E-state index contributed by atoms with van der Waals surface area (Å²) in [6.07, 6.45) is 3.75. The summed E-state index contributed by atoms with van der Waals surface area (Å²) in [5.41, 5.74) is 0.866. The highest BCUT2D eigenvalue weighted by atomic mass is 79.9. The molecule has 5 nitrogen and oxygen atoms in total. The summed E-state index contributed by atoms with van der Waals surface area (Å²) in [6.45, 7) is 2.44. The first-order valence-corrected chi connectivity index (χ1v) is 9.54.